The number of allylic oxidation sites excluding steroid dienone is 4. The first-order chi connectivity index (χ1) is 7.42. The van der Waals surface area contributed by atoms with Crippen LogP contribution in [0.1, 0.15) is 51.4 Å². The van der Waals surface area contributed by atoms with Gasteiger partial charge in [-0.05, 0) is 37.5 Å². The quantitative estimate of drug-likeness (QED) is 0.619. The fourth-order valence-electron chi connectivity index (χ4n) is 4.23. The van der Waals surface area contributed by atoms with E-state index < -0.39 is 0 Å². The average molecular weight is 202 g/mol. The Morgan fingerprint density at radius 3 is 1.47 bits per heavy atom. The van der Waals surface area contributed by atoms with Crippen molar-refractivity contribution in [2.45, 2.75) is 51.4 Å². The molecule has 2 fully saturated rings. The van der Waals surface area contributed by atoms with Crippen LogP contribution in [0.5, 0.6) is 0 Å². The van der Waals surface area contributed by atoms with Crippen molar-refractivity contribution < 1.29 is 0 Å². The maximum atomic E-state index is 2.54. The van der Waals surface area contributed by atoms with Crippen LogP contribution in [0.25, 0.3) is 0 Å². The zero-order valence-corrected chi connectivity index (χ0v) is 9.62. The lowest BCUT2D eigenvalue weighted by Gasteiger charge is -2.38. The highest BCUT2D eigenvalue weighted by atomic mass is 14.5. The summed E-state index contributed by atoms with van der Waals surface area (Å²) >= 11 is 0. The highest BCUT2D eigenvalue weighted by Gasteiger charge is 2.43. The molecule has 0 atom stereocenters. The zero-order chi connectivity index (χ0) is 10.1. The Hall–Kier alpha value is -0.520. The predicted molar refractivity (Wildman–Crippen MR) is 64.6 cm³/mol. The van der Waals surface area contributed by atoms with E-state index in [-0.39, 0.29) is 0 Å². The van der Waals surface area contributed by atoms with Crippen molar-refractivity contribution in [3.05, 3.63) is 24.3 Å². The van der Waals surface area contributed by atoms with Crippen LogP contribution in [0.15, 0.2) is 24.3 Å². The van der Waals surface area contributed by atoms with Gasteiger partial charge in [0.25, 0.3) is 0 Å². The molecule has 0 radical (unpaired) electrons. The van der Waals surface area contributed by atoms with E-state index in [0.717, 1.165) is 11.8 Å². The first kappa shape index (κ1) is 9.69. The van der Waals surface area contributed by atoms with E-state index in [1.54, 1.807) is 0 Å². The van der Waals surface area contributed by atoms with Crippen LogP contribution in [0.4, 0.5) is 0 Å². The van der Waals surface area contributed by atoms with Gasteiger partial charge < -0.3 is 0 Å². The van der Waals surface area contributed by atoms with Crippen LogP contribution in [0.3, 0.4) is 0 Å². The first-order valence-corrected chi connectivity index (χ1v) is 6.79. The topological polar surface area (TPSA) is 0 Å². The highest BCUT2D eigenvalue weighted by Crippen LogP contribution is 2.53. The van der Waals surface area contributed by atoms with Crippen molar-refractivity contribution >= 4 is 0 Å². The monoisotopic (exact) mass is 202 g/mol. The molecule has 82 valence electrons. The van der Waals surface area contributed by atoms with Gasteiger partial charge in [0, 0.05) is 5.41 Å². The normalized spacial score (nSPS) is 30.7. The summed E-state index contributed by atoms with van der Waals surface area (Å²) in [6.07, 6.45) is 21.5. The van der Waals surface area contributed by atoms with Gasteiger partial charge >= 0.3 is 0 Å². The number of hydrogen-bond donors (Lipinski definition) is 0. The fourth-order valence-corrected chi connectivity index (χ4v) is 4.23. The van der Waals surface area contributed by atoms with Crippen molar-refractivity contribution in [3.63, 3.8) is 0 Å². The largest absolute Gasteiger partial charge is 0.0740 e. The summed E-state index contributed by atoms with van der Waals surface area (Å²) in [5.41, 5.74) is 0.493. The Kier molecular flexibility index (Phi) is 2.46. The van der Waals surface area contributed by atoms with Crippen LogP contribution < -0.4 is 0 Å². The summed E-state index contributed by atoms with van der Waals surface area (Å²) in [4.78, 5) is 0. The van der Waals surface area contributed by atoms with Gasteiger partial charge in [-0.2, -0.15) is 0 Å². The summed E-state index contributed by atoms with van der Waals surface area (Å²) < 4.78 is 0. The third kappa shape index (κ3) is 1.49. The molecular formula is C15H22. The van der Waals surface area contributed by atoms with E-state index in [1.807, 2.05) is 0 Å². The Labute approximate surface area is 93.5 Å². The molecule has 0 nitrogen and oxygen atoms in total. The molecule has 0 bridgehead atoms. The van der Waals surface area contributed by atoms with Crippen LogP contribution in [0.2, 0.25) is 0 Å². The van der Waals surface area contributed by atoms with Crippen molar-refractivity contribution in [1.29, 1.82) is 0 Å². The van der Waals surface area contributed by atoms with Crippen LogP contribution in [-0.2, 0) is 0 Å². The van der Waals surface area contributed by atoms with Gasteiger partial charge in [-0.3, -0.25) is 0 Å². The first-order valence-electron chi connectivity index (χ1n) is 6.79. The molecule has 2 saturated carbocycles. The van der Waals surface area contributed by atoms with Crippen LogP contribution >= 0.6 is 0 Å². The van der Waals surface area contributed by atoms with E-state index in [0.29, 0.717) is 5.41 Å². The molecule has 0 saturated heterocycles. The zero-order valence-electron chi connectivity index (χ0n) is 9.62. The number of rotatable bonds is 2. The lowest BCUT2D eigenvalue weighted by molar-refractivity contribution is 0.197. The molecule has 3 aliphatic carbocycles. The van der Waals surface area contributed by atoms with E-state index in [4.69, 9.17) is 0 Å². The van der Waals surface area contributed by atoms with Gasteiger partial charge in [-0.15, -0.1) is 0 Å². The van der Waals surface area contributed by atoms with Gasteiger partial charge in [0.15, 0.2) is 0 Å². The summed E-state index contributed by atoms with van der Waals surface area (Å²) in [7, 11) is 0. The summed E-state index contributed by atoms with van der Waals surface area (Å²) in [5, 5.41) is 0. The third-order valence-corrected chi connectivity index (χ3v) is 5.01. The predicted octanol–water partition coefficient (Wildman–Crippen LogP) is 4.48. The van der Waals surface area contributed by atoms with E-state index in [9.17, 15) is 0 Å². The molecule has 0 spiro atoms. The molecule has 0 N–H and O–H groups in total. The molecule has 0 amide bonds. The second-order valence-corrected chi connectivity index (χ2v) is 5.68. The van der Waals surface area contributed by atoms with E-state index >= 15 is 0 Å². The standard InChI is InChI=1S/C15H22/c1-2-8-13(7-1)15(11-5-6-12-15)14-9-3-4-10-14/h5-6,11-14H,1-4,7-10H2. The van der Waals surface area contributed by atoms with Gasteiger partial charge in [0.1, 0.15) is 0 Å². The van der Waals surface area contributed by atoms with Crippen molar-refractivity contribution in [3.8, 4) is 0 Å². The second kappa shape index (κ2) is 3.81. The van der Waals surface area contributed by atoms with Crippen molar-refractivity contribution in [1.82, 2.24) is 0 Å². The summed E-state index contributed by atoms with van der Waals surface area (Å²) in [6.45, 7) is 0. The molecule has 3 aliphatic rings. The van der Waals surface area contributed by atoms with Gasteiger partial charge in [-0.25, -0.2) is 0 Å². The minimum atomic E-state index is 0.493. The number of hydrogen-bond acceptors (Lipinski definition) is 0. The Bertz CT molecular complexity index is 242. The molecule has 0 aromatic rings. The molecule has 0 aromatic carbocycles. The highest BCUT2D eigenvalue weighted by molar-refractivity contribution is 5.28. The maximum Gasteiger partial charge on any atom is 0.0124 e. The van der Waals surface area contributed by atoms with Crippen LogP contribution in [0, 0.1) is 17.3 Å². The smallest absolute Gasteiger partial charge is 0.0124 e. The van der Waals surface area contributed by atoms with E-state index in [2.05, 4.69) is 24.3 Å². The van der Waals surface area contributed by atoms with Crippen LogP contribution in [-0.4, -0.2) is 0 Å². The van der Waals surface area contributed by atoms with E-state index in [1.165, 1.54) is 51.4 Å². The second-order valence-electron chi connectivity index (χ2n) is 5.68. The Morgan fingerprint density at radius 2 is 1.07 bits per heavy atom. The molecule has 15 heavy (non-hydrogen) atoms. The molecule has 0 aliphatic heterocycles. The maximum absolute atomic E-state index is 2.54. The van der Waals surface area contributed by atoms with Gasteiger partial charge in [0.05, 0.1) is 0 Å². The van der Waals surface area contributed by atoms with Crippen molar-refractivity contribution in [2.24, 2.45) is 17.3 Å². The molecule has 0 unspecified atom stereocenters. The average Bonchev–Trinajstić information content (AvgIpc) is 3.02. The van der Waals surface area contributed by atoms with Gasteiger partial charge in [0.2, 0.25) is 0 Å². The lowest BCUT2D eigenvalue weighted by atomic mass is 9.66. The fraction of sp³-hybridized carbons (Fsp3) is 0.733. The van der Waals surface area contributed by atoms with Crippen molar-refractivity contribution in [2.75, 3.05) is 0 Å². The SMILES string of the molecule is C1=CC(C2CCCC2)(C2CCCC2)C=C1. The molecular weight excluding hydrogens is 180 g/mol. The Morgan fingerprint density at radius 1 is 0.667 bits per heavy atom. The minimum absolute atomic E-state index is 0.493. The molecule has 0 heterocycles. The summed E-state index contributed by atoms with van der Waals surface area (Å²) in [6, 6.07) is 0. The summed E-state index contributed by atoms with van der Waals surface area (Å²) in [5.74, 6) is 1.94. The molecule has 0 heteroatoms. The lowest BCUT2D eigenvalue weighted by Crippen LogP contribution is -2.31. The molecule has 0 aromatic heterocycles. The third-order valence-electron chi connectivity index (χ3n) is 5.01. The minimum Gasteiger partial charge on any atom is -0.0740 e. The Balaban J connectivity index is 1.87. The molecule has 3 rings (SSSR count). The van der Waals surface area contributed by atoms with Gasteiger partial charge in [-0.1, -0.05) is 50.0 Å².